The van der Waals surface area contributed by atoms with E-state index in [1.165, 1.54) is 0 Å². The van der Waals surface area contributed by atoms with Gasteiger partial charge in [0.25, 0.3) is 0 Å². The van der Waals surface area contributed by atoms with Crippen LogP contribution >= 0.6 is 39.1 Å². The van der Waals surface area contributed by atoms with Gasteiger partial charge in [-0.25, -0.2) is 0 Å². The van der Waals surface area contributed by atoms with Crippen LogP contribution in [0, 0.1) is 6.92 Å². The lowest BCUT2D eigenvalue weighted by molar-refractivity contribution is 0.177. The average Bonchev–Trinajstić information content (AvgIpc) is 2.33. The van der Waals surface area contributed by atoms with Crippen molar-refractivity contribution in [3.63, 3.8) is 0 Å². The van der Waals surface area contributed by atoms with Gasteiger partial charge in [-0.2, -0.15) is 0 Å². The Bertz CT molecular complexity index is 599. The fourth-order valence-corrected chi connectivity index (χ4v) is 2.98. The van der Waals surface area contributed by atoms with Gasteiger partial charge in [-0.3, -0.25) is 0 Å². The standard InChI is InChI=1S/C15H13BrCl2O/c1-9-2-4-11(12(16)6-9)15(19)8-10-3-5-13(17)14(18)7-10/h2-7,15,19H,8H2,1H3. The van der Waals surface area contributed by atoms with E-state index in [2.05, 4.69) is 15.9 Å². The maximum Gasteiger partial charge on any atom is 0.0841 e. The summed E-state index contributed by atoms with van der Waals surface area (Å²) < 4.78 is 0.917. The van der Waals surface area contributed by atoms with E-state index >= 15 is 0 Å². The van der Waals surface area contributed by atoms with E-state index in [4.69, 9.17) is 23.2 Å². The molecule has 0 aromatic heterocycles. The quantitative estimate of drug-likeness (QED) is 0.784. The van der Waals surface area contributed by atoms with E-state index in [0.29, 0.717) is 16.5 Å². The van der Waals surface area contributed by atoms with Gasteiger partial charge in [-0.15, -0.1) is 0 Å². The number of rotatable bonds is 3. The third-order valence-electron chi connectivity index (χ3n) is 2.93. The van der Waals surface area contributed by atoms with Gasteiger partial charge < -0.3 is 5.11 Å². The van der Waals surface area contributed by atoms with Crippen molar-refractivity contribution in [2.24, 2.45) is 0 Å². The summed E-state index contributed by atoms with van der Waals surface area (Å²) in [5.41, 5.74) is 2.98. The number of hydrogen-bond donors (Lipinski definition) is 1. The molecule has 2 aromatic rings. The summed E-state index contributed by atoms with van der Waals surface area (Å²) in [7, 11) is 0. The number of aliphatic hydroxyl groups is 1. The van der Waals surface area contributed by atoms with E-state index in [0.717, 1.165) is 21.2 Å². The van der Waals surface area contributed by atoms with Crippen LogP contribution < -0.4 is 0 Å². The summed E-state index contributed by atoms with van der Waals surface area (Å²) in [5, 5.41) is 11.3. The minimum atomic E-state index is -0.577. The molecule has 4 heteroatoms. The molecule has 0 amide bonds. The molecule has 0 radical (unpaired) electrons. The lowest BCUT2D eigenvalue weighted by atomic mass is 10.0. The molecule has 0 saturated heterocycles. The Morgan fingerprint density at radius 1 is 1.11 bits per heavy atom. The first-order valence-corrected chi connectivity index (χ1v) is 7.40. The predicted molar refractivity (Wildman–Crippen MR) is 84.0 cm³/mol. The van der Waals surface area contributed by atoms with E-state index < -0.39 is 6.10 Å². The van der Waals surface area contributed by atoms with Crippen LogP contribution in [0.15, 0.2) is 40.9 Å². The van der Waals surface area contributed by atoms with Gasteiger partial charge in [0, 0.05) is 10.9 Å². The largest absolute Gasteiger partial charge is 0.388 e. The summed E-state index contributed by atoms with van der Waals surface area (Å²) in [4.78, 5) is 0. The summed E-state index contributed by atoms with van der Waals surface area (Å²) >= 11 is 15.3. The highest BCUT2D eigenvalue weighted by atomic mass is 79.9. The smallest absolute Gasteiger partial charge is 0.0841 e. The zero-order chi connectivity index (χ0) is 14.0. The maximum atomic E-state index is 10.3. The molecule has 0 bridgehead atoms. The summed E-state index contributed by atoms with van der Waals surface area (Å²) in [6.07, 6.45) is -0.0781. The molecular formula is C15H13BrCl2O. The van der Waals surface area contributed by atoms with Crippen LogP contribution in [-0.2, 0) is 6.42 Å². The van der Waals surface area contributed by atoms with E-state index in [1.807, 2.05) is 31.2 Å². The molecule has 0 saturated carbocycles. The van der Waals surface area contributed by atoms with Crippen LogP contribution in [0.25, 0.3) is 0 Å². The molecule has 0 heterocycles. The van der Waals surface area contributed by atoms with Crippen LogP contribution in [0.4, 0.5) is 0 Å². The van der Waals surface area contributed by atoms with Crippen LogP contribution in [0.5, 0.6) is 0 Å². The second kappa shape index (κ2) is 6.27. The van der Waals surface area contributed by atoms with Gasteiger partial charge in [0.1, 0.15) is 0 Å². The van der Waals surface area contributed by atoms with Crippen molar-refractivity contribution in [3.8, 4) is 0 Å². The van der Waals surface area contributed by atoms with Gasteiger partial charge in [0.15, 0.2) is 0 Å². The minimum Gasteiger partial charge on any atom is -0.388 e. The topological polar surface area (TPSA) is 20.2 Å². The Morgan fingerprint density at radius 3 is 2.47 bits per heavy atom. The van der Waals surface area contributed by atoms with Crippen LogP contribution in [0.2, 0.25) is 10.0 Å². The van der Waals surface area contributed by atoms with Crippen molar-refractivity contribution in [1.29, 1.82) is 0 Å². The molecule has 0 aliphatic carbocycles. The zero-order valence-corrected chi connectivity index (χ0v) is 13.4. The first-order chi connectivity index (χ1) is 8.97. The Kier molecular flexibility index (Phi) is 4.91. The maximum absolute atomic E-state index is 10.3. The number of aryl methyl sites for hydroxylation is 1. The molecule has 0 aliphatic rings. The fourth-order valence-electron chi connectivity index (χ4n) is 1.90. The van der Waals surface area contributed by atoms with E-state index in [-0.39, 0.29) is 0 Å². The minimum absolute atomic E-state index is 0.499. The lowest BCUT2D eigenvalue weighted by Crippen LogP contribution is -2.03. The van der Waals surface area contributed by atoms with Gasteiger partial charge in [0.05, 0.1) is 16.1 Å². The van der Waals surface area contributed by atoms with Crippen molar-refractivity contribution < 1.29 is 5.11 Å². The molecule has 0 aliphatic heterocycles. The van der Waals surface area contributed by atoms with Crippen molar-refractivity contribution in [1.82, 2.24) is 0 Å². The van der Waals surface area contributed by atoms with Crippen LogP contribution in [-0.4, -0.2) is 5.11 Å². The fraction of sp³-hybridized carbons (Fsp3) is 0.200. The van der Waals surface area contributed by atoms with Gasteiger partial charge in [-0.05, 0) is 41.8 Å². The monoisotopic (exact) mass is 358 g/mol. The van der Waals surface area contributed by atoms with Crippen LogP contribution in [0.1, 0.15) is 22.8 Å². The first kappa shape index (κ1) is 14.9. The average molecular weight is 360 g/mol. The molecule has 2 rings (SSSR count). The number of halogens is 3. The molecular weight excluding hydrogens is 347 g/mol. The second-order valence-electron chi connectivity index (χ2n) is 4.49. The van der Waals surface area contributed by atoms with E-state index in [1.54, 1.807) is 12.1 Å². The summed E-state index contributed by atoms with van der Waals surface area (Å²) in [5.74, 6) is 0. The summed E-state index contributed by atoms with van der Waals surface area (Å²) in [6.45, 7) is 2.01. The van der Waals surface area contributed by atoms with E-state index in [9.17, 15) is 5.11 Å². The SMILES string of the molecule is Cc1ccc(C(O)Cc2ccc(Cl)c(Cl)c2)c(Br)c1. The third-order valence-corrected chi connectivity index (χ3v) is 4.35. The third kappa shape index (κ3) is 3.73. The Morgan fingerprint density at radius 2 is 1.84 bits per heavy atom. The van der Waals surface area contributed by atoms with Gasteiger partial charge in [-0.1, -0.05) is 57.3 Å². The highest BCUT2D eigenvalue weighted by Crippen LogP contribution is 2.29. The molecule has 100 valence electrons. The molecule has 0 spiro atoms. The molecule has 1 nitrogen and oxygen atoms in total. The number of aliphatic hydroxyl groups excluding tert-OH is 1. The van der Waals surface area contributed by atoms with Crippen molar-refractivity contribution in [3.05, 3.63) is 67.6 Å². The zero-order valence-electron chi connectivity index (χ0n) is 10.3. The Balaban J connectivity index is 2.20. The first-order valence-electron chi connectivity index (χ1n) is 5.85. The molecule has 19 heavy (non-hydrogen) atoms. The molecule has 1 atom stereocenters. The molecule has 2 aromatic carbocycles. The van der Waals surface area contributed by atoms with Gasteiger partial charge in [0.2, 0.25) is 0 Å². The molecule has 1 N–H and O–H groups in total. The van der Waals surface area contributed by atoms with Crippen molar-refractivity contribution in [2.45, 2.75) is 19.4 Å². The lowest BCUT2D eigenvalue weighted by Gasteiger charge is -2.14. The van der Waals surface area contributed by atoms with Crippen molar-refractivity contribution >= 4 is 39.1 Å². The van der Waals surface area contributed by atoms with Gasteiger partial charge >= 0.3 is 0 Å². The normalized spacial score (nSPS) is 12.5. The molecule has 0 fully saturated rings. The Hall–Kier alpha value is -0.540. The van der Waals surface area contributed by atoms with Crippen LogP contribution in [0.3, 0.4) is 0 Å². The summed E-state index contributed by atoms with van der Waals surface area (Å²) in [6, 6.07) is 11.3. The Labute approximate surface area is 131 Å². The second-order valence-corrected chi connectivity index (χ2v) is 6.16. The number of hydrogen-bond acceptors (Lipinski definition) is 1. The predicted octanol–water partition coefficient (Wildman–Crippen LogP) is 5.34. The highest BCUT2D eigenvalue weighted by molar-refractivity contribution is 9.10. The van der Waals surface area contributed by atoms with Crippen molar-refractivity contribution in [2.75, 3.05) is 0 Å². The number of benzene rings is 2. The highest BCUT2D eigenvalue weighted by Gasteiger charge is 2.12. The molecule has 1 unspecified atom stereocenters.